The van der Waals surface area contributed by atoms with Gasteiger partial charge in [-0.2, -0.15) is 5.10 Å². The van der Waals surface area contributed by atoms with E-state index in [0.717, 1.165) is 35.4 Å². The Kier molecular flexibility index (Phi) is 4.01. The minimum Gasteiger partial charge on any atom is -0.337 e. The lowest BCUT2D eigenvalue weighted by Gasteiger charge is -2.11. The van der Waals surface area contributed by atoms with Crippen molar-refractivity contribution in [3.8, 4) is 11.3 Å². The maximum absolute atomic E-state index is 13.2. The van der Waals surface area contributed by atoms with E-state index in [2.05, 4.69) is 4.98 Å². The Bertz CT molecular complexity index is 1300. The summed E-state index contributed by atoms with van der Waals surface area (Å²) in [6, 6.07) is 19.7. The highest BCUT2D eigenvalue weighted by molar-refractivity contribution is 5.81. The van der Waals surface area contributed by atoms with Crippen molar-refractivity contribution in [2.24, 2.45) is 0 Å². The number of aryl methyl sites for hydroxylation is 2. The summed E-state index contributed by atoms with van der Waals surface area (Å²) >= 11 is 0. The summed E-state index contributed by atoms with van der Waals surface area (Å²) in [5.74, 6) is 0. The van der Waals surface area contributed by atoms with Crippen LogP contribution in [0.4, 0.5) is 0 Å². The zero-order valence-electron chi connectivity index (χ0n) is 15.3. The van der Waals surface area contributed by atoms with Crippen molar-refractivity contribution in [2.45, 2.75) is 19.5 Å². The van der Waals surface area contributed by atoms with Gasteiger partial charge in [-0.3, -0.25) is 9.36 Å². The van der Waals surface area contributed by atoms with Gasteiger partial charge in [-0.1, -0.05) is 42.5 Å². The molecule has 6 heteroatoms. The van der Waals surface area contributed by atoms with Crippen LogP contribution in [0.3, 0.4) is 0 Å². The first-order chi connectivity index (χ1) is 13.8. The van der Waals surface area contributed by atoms with Crippen molar-refractivity contribution >= 4 is 16.6 Å². The molecule has 3 aromatic heterocycles. The monoisotopic (exact) mass is 369 g/mol. The fourth-order valence-corrected chi connectivity index (χ4v) is 3.63. The molecule has 0 amide bonds. The third kappa shape index (κ3) is 2.79. The molecule has 0 aliphatic carbocycles. The standard InChI is InChI=1S/C22H19N5O/c28-22-18-9-4-5-10-20(18)27-21(15-19(24-27)17-7-2-1-3-8-17)26(22)13-6-12-25-14-11-23-16-25/h1-5,7-11,14-16H,6,12-13H2. The van der Waals surface area contributed by atoms with E-state index in [1.807, 2.05) is 80.5 Å². The van der Waals surface area contributed by atoms with E-state index < -0.39 is 0 Å². The molecule has 0 spiro atoms. The molecule has 0 unspecified atom stereocenters. The number of fused-ring (bicyclic) bond motifs is 3. The van der Waals surface area contributed by atoms with Crippen LogP contribution >= 0.6 is 0 Å². The number of benzene rings is 2. The van der Waals surface area contributed by atoms with Gasteiger partial charge in [0.2, 0.25) is 0 Å². The van der Waals surface area contributed by atoms with E-state index in [1.165, 1.54) is 0 Å². The van der Waals surface area contributed by atoms with E-state index in [-0.39, 0.29) is 5.56 Å². The highest BCUT2D eigenvalue weighted by Gasteiger charge is 2.14. The molecular weight excluding hydrogens is 350 g/mol. The Labute approximate surface area is 161 Å². The predicted molar refractivity (Wildman–Crippen MR) is 109 cm³/mol. The molecule has 0 fully saturated rings. The van der Waals surface area contributed by atoms with Crippen molar-refractivity contribution < 1.29 is 0 Å². The van der Waals surface area contributed by atoms with Gasteiger partial charge in [0.25, 0.3) is 5.56 Å². The summed E-state index contributed by atoms with van der Waals surface area (Å²) in [5.41, 5.74) is 3.56. The molecule has 28 heavy (non-hydrogen) atoms. The van der Waals surface area contributed by atoms with Crippen molar-refractivity contribution in [1.29, 1.82) is 0 Å². The summed E-state index contributed by atoms with van der Waals surface area (Å²) in [7, 11) is 0. The Morgan fingerprint density at radius 3 is 2.57 bits per heavy atom. The summed E-state index contributed by atoms with van der Waals surface area (Å²) in [5, 5.41) is 5.49. The number of hydrogen-bond acceptors (Lipinski definition) is 3. The summed E-state index contributed by atoms with van der Waals surface area (Å²) in [4.78, 5) is 17.3. The third-order valence-electron chi connectivity index (χ3n) is 5.00. The summed E-state index contributed by atoms with van der Waals surface area (Å²) in [6.07, 6.45) is 6.33. The first kappa shape index (κ1) is 16.5. The molecule has 0 saturated carbocycles. The van der Waals surface area contributed by atoms with Crippen LogP contribution in [-0.2, 0) is 13.1 Å². The lowest BCUT2D eigenvalue weighted by Crippen LogP contribution is -2.23. The lowest BCUT2D eigenvalue weighted by molar-refractivity contribution is 0.560. The fraction of sp³-hybridized carbons (Fsp3) is 0.136. The average molecular weight is 369 g/mol. The Balaban J connectivity index is 1.65. The molecule has 6 nitrogen and oxygen atoms in total. The number of hydrogen-bond donors (Lipinski definition) is 0. The van der Waals surface area contributed by atoms with Crippen molar-refractivity contribution in [3.05, 3.63) is 89.7 Å². The Morgan fingerprint density at radius 2 is 1.75 bits per heavy atom. The normalized spacial score (nSPS) is 11.4. The maximum atomic E-state index is 13.2. The molecule has 0 saturated heterocycles. The molecule has 0 radical (unpaired) electrons. The number of rotatable bonds is 5. The van der Waals surface area contributed by atoms with Gasteiger partial charge in [-0.05, 0) is 18.6 Å². The first-order valence-electron chi connectivity index (χ1n) is 9.34. The Morgan fingerprint density at radius 1 is 0.929 bits per heavy atom. The summed E-state index contributed by atoms with van der Waals surface area (Å²) < 4.78 is 5.74. The smallest absolute Gasteiger partial charge is 0.261 e. The van der Waals surface area contributed by atoms with Gasteiger partial charge in [0.15, 0.2) is 0 Å². The second-order valence-electron chi connectivity index (χ2n) is 6.79. The molecule has 138 valence electrons. The van der Waals surface area contributed by atoms with Crippen LogP contribution in [0, 0.1) is 0 Å². The largest absolute Gasteiger partial charge is 0.337 e. The van der Waals surface area contributed by atoms with Crippen molar-refractivity contribution in [3.63, 3.8) is 0 Å². The number of imidazole rings is 1. The highest BCUT2D eigenvalue weighted by atomic mass is 16.1. The van der Waals surface area contributed by atoms with Gasteiger partial charge in [-0.15, -0.1) is 0 Å². The lowest BCUT2D eigenvalue weighted by atomic mass is 10.1. The zero-order valence-corrected chi connectivity index (χ0v) is 15.3. The van der Waals surface area contributed by atoms with Crippen LogP contribution in [0.25, 0.3) is 27.8 Å². The van der Waals surface area contributed by atoms with E-state index >= 15 is 0 Å². The van der Waals surface area contributed by atoms with E-state index in [9.17, 15) is 4.79 Å². The molecule has 0 bridgehead atoms. The molecule has 5 aromatic rings. The minimum absolute atomic E-state index is 0.0215. The maximum Gasteiger partial charge on any atom is 0.261 e. The molecule has 0 aliphatic heterocycles. The number of nitrogens with zero attached hydrogens (tertiary/aromatic N) is 5. The van der Waals surface area contributed by atoms with Crippen LogP contribution in [-0.4, -0.2) is 23.7 Å². The minimum atomic E-state index is 0.0215. The van der Waals surface area contributed by atoms with Crippen LogP contribution in [0.1, 0.15) is 6.42 Å². The van der Waals surface area contributed by atoms with Crippen LogP contribution < -0.4 is 5.56 Å². The number of para-hydroxylation sites is 1. The molecule has 0 atom stereocenters. The molecule has 5 rings (SSSR count). The molecule has 2 aromatic carbocycles. The van der Waals surface area contributed by atoms with Crippen molar-refractivity contribution in [1.82, 2.24) is 23.7 Å². The van der Waals surface area contributed by atoms with Crippen molar-refractivity contribution in [2.75, 3.05) is 0 Å². The van der Waals surface area contributed by atoms with Gasteiger partial charge in [-0.25, -0.2) is 9.50 Å². The first-order valence-corrected chi connectivity index (χ1v) is 9.34. The van der Waals surface area contributed by atoms with E-state index in [1.54, 1.807) is 12.5 Å². The summed E-state index contributed by atoms with van der Waals surface area (Å²) in [6.45, 7) is 1.43. The number of aromatic nitrogens is 5. The van der Waals surface area contributed by atoms with E-state index in [4.69, 9.17) is 5.10 Å². The van der Waals surface area contributed by atoms with Crippen LogP contribution in [0.2, 0.25) is 0 Å². The van der Waals surface area contributed by atoms with E-state index in [0.29, 0.717) is 11.9 Å². The van der Waals surface area contributed by atoms with Gasteiger partial charge >= 0.3 is 0 Å². The van der Waals surface area contributed by atoms with Gasteiger partial charge in [0, 0.05) is 37.1 Å². The zero-order chi connectivity index (χ0) is 18.9. The molecule has 0 aliphatic rings. The van der Waals surface area contributed by atoms with Gasteiger partial charge in [0.05, 0.1) is 22.9 Å². The Hall–Kier alpha value is -3.67. The van der Waals surface area contributed by atoms with Gasteiger partial charge < -0.3 is 4.57 Å². The predicted octanol–water partition coefficient (Wildman–Crippen LogP) is 3.60. The fourth-order valence-electron chi connectivity index (χ4n) is 3.63. The van der Waals surface area contributed by atoms with Gasteiger partial charge in [0.1, 0.15) is 5.65 Å². The second-order valence-corrected chi connectivity index (χ2v) is 6.79. The quantitative estimate of drug-likeness (QED) is 0.476. The average Bonchev–Trinajstić information content (AvgIpc) is 3.41. The molecule has 0 N–H and O–H groups in total. The highest BCUT2D eigenvalue weighted by Crippen LogP contribution is 2.22. The van der Waals surface area contributed by atoms with Crippen LogP contribution in [0.5, 0.6) is 0 Å². The van der Waals surface area contributed by atoms with Crippen LogP contribution in [0.15, 0.2) is 84.2 Å². The molecular formula is C22H19N5O. The topological polar surface area (TPSA) is 57.1 Å². The SMILES string of the molecule is O=c1c2ccccc2n2nc(-c3ccccc3)cc2n1CCCn1ccnc1. The molecule has 3 heterocycles. The second kappa shape index (κ2) is 6.81. The third-order valence-corrected chi connectivity index (χ3v) is 5.00.